The molecule has 0 fully saturated rings. The molecule has 1 unspecified atom stereocenters. The number of esters is 1. The third-order valence-corrected chi connectivity index (χ3v) is 4.44. The van der Waals surface area contributed by atoms with E-state index >= 15 is 0 Å². The first-order valence-corrected chi connectivity index (χ1v) is 9.88. The number of aliphatic hydroxyl groups excluding tert-OH is 1. The second-order valence-corrected chi connectivity index (χ2v) is 7.11. The van der Waals surface area contributed by atoms with E-state index in [1.807, 2.05) is 6.92 Å². The van der Waals surface area contributed by atoms with E-state index in [0.29, 0.717) is 29.2 Å². The lowest BCUT2D eigenvalue weighted by atomic mass is 10.0. The lowest BCUT2D eigenvalue weighted by molar-refractivity contribution is -0.131. The summed E-state index contributed by atoms with van der Waals surface area (Å²) in [6, 6.07) is 7.62. The van der Waals surface area contributed by atoms with E-state index in [0.717, 1.165) is 6.42 Å². The molecule has 162 valence electrons. The maximum atomic E-state index is 11.6. The van der Waals surface area contributed by atoms with Crippen molar-refractivity contribution in [3.05, 3.63) is 46.5 Å². The molecule has 2 aromatic carbocycles. The Hall–Kier alpha value is -2.77. The fourth-order valence-corrected chi connectivity index (χ4v) is 3.00. The van der Waals surface area contributed by atoms with Crippen molar-refractivity contribution in [1.29, 1.82) is 0 Å². The Labute approximate surface area is 180 Å². The van der Waals surface area contributed by atoms with Gasteiger partial charge in [-0.05, 0) is 37.6 Å². The van der Waals surface area contributed by atoms with E-state index in [4.69, 9.17) is 25.8 Å². The number of aliphatic hydroxyl groups is 1. The number of carbonyl (C=O) groups is 2. The minimum absolute atomic E-state index is 0.0846. The molecule has 2 rings (SSSR count). The number of benzene rings is 2. The Kier molecular flexibility index (Phi) is 8.50. The molecule has 0 amide bonds. The van der Waals surface area contributed by atoms with Gasteiger partial charge in [-0.15, -0.1) is 0 Å². The summed E-state index contributed by atoms with van der Waals surface area (Å²) in [4.78, 5) is 22.6. The largest absolute Gasteiger partial charge is 0.507 e. The number of phenolic OH excluding ortho intramolecular Hbond substituents is 1. The highest BCUT2D eigenvalue weighted by Gasteiger charge is 2.17. The normalized spacial score (nSPS) is 11.6. The minimum atomic E-state index is -0.974. The number of carbonyl (C=O) groups excluding carboxylic acids is 2. The third-order valence-electron chi connectivity index (χ3n) is 4.15. The van der Waals surface area contributed by atoms with Crippen molar-refractivity contribution >= 4 is 23.4 Å². The number of aromatic hydroxyl groups is 1. The second kappa shape index (κ2) is 10.8. The molecule has 0 aliphatic rings. The molecule has 2 aromatic rings. The zero-order valence-corrected chi connectivity index (χ0v) is 17.9. The highest BCUT2D eigenvalue weighted by molar-refractivity contribution is 6.32. The average Bonchev–Trinajstić information content (AvgIpc) is 2.67. The van der Waals surface area contributed by atoms with Crippen molar-refractivity contribution in [2.24, 2.45) is 0 Å². The summed E-state index contributed by atoms with van der Waals surface area (Å²) >= 11 is 6.10. The number of phenols is 1. The van der Waals surface area contributed by atoms with Gasteiger partial charge in [-0.1, -0.05) is 24.9 Å². The number of ketones is 1. The predicted molar refractivity (Wildman–Crippen MR) is 112 cm³/mol. The summed E-state index contributed by atoms with van der Waals surface area (Å²) in [5, 5.41) is 20.8. The van der Waals surface area contributed by atoms with E-state index in [1.54, 1.807) is 6.07 Å². The van der Waals surface area contributed by atoms with Crippen molar-refractivity contribution in [2.75, 3.05) is 13.2 Å². The molecule has 0 spiro atoms. The van der Waals surface area contributed by atoms with Gasteiger partial charge < -0.3 is 24.4 Å². The highest BCUT2D eigenvalue weighted by Crippen LogP contribution is 2.33. The number of Topliss-reactive ketones (excluding diaryl/α,β-unsaturated/α-hetero) is 1. The molecule has 0 radical (unpaired) electrons. The monoisotopic (exact) mass is 436 g/mol. The summed E-state index contributed by atoms with van der Waals surface area (Å²) in [6.45, 7) is 4.44. The van der Waals surface area contributed by atoms with Crippen LogP contribution in [0.4, 0.5) is 0 Å². The van der Waals surface area contributed by atoms with Crippen LogP contribution >= 0.6 is 11.6 Å². The number of ether oxygens (including phenoxy) is 3. The molecule has 0 bridgehead atoms. The number of hydrogen-bond acceptors (Lipinski definition) is 7. The standard InChI is InChI=1S/C22H25ClO7/c1-4-5-18-20(9-7-17(13(2)24)22(18)27)28-11-15(26)12-29-21-8-6-16(10-19(21)23)30-14(3)25/h6-10,15,26-27H,4-5,11-12H2,1-3H3. The van der Waals surface area contributed by atoms with Gasteiger partial charge in [-0.3, -0.25) is 9.59 Å². The molecule has 30 heavy (non-hydrogen) atoms. The lowest BCUT2D eigenvalue weighted by Crippen LogP contribution is -2.25. The molecule has 0 saturated carbocycles. The molecule has 8 heteroatoms. The van der Waals surface area contributed by atoms with Crippen LogP contribution in [0.5, 0.6) is 23.0 Å². The van der Waals surface area contributed by atoms with Crippen molar-refractivity contribution in [1.82, 2.24) is 0 Å². The summed E-state index contributed by atoms with van der Waals surface area (Å²) in [6.07, 6.45) is 0.302. The Morgan fingerprint density at radius 3 is 2.27 bits per heavy atom. The Morgan fingerprint density at radius 1 is 1.07 bits per heavy atom. The number of hydrogen-bond donors (Lipinski definition) is 2. The van der Waals surface area contributed by atoms with Crippen LogP contribution in [0.25, 0.3) is 0 Å². The zero-order chi connectivity index (χ0) is 22.3. The van der Waals surface area contributed by atoms with Crippen molar-refractivity contribution in [3.63, 3.8) is 0 Å². The SMILES string of the molecule is CCCc1c(OCC(O)COc2ccc(OC(C)=O)cc2Cl)ccc(C(C)=O)c1O. The molecule has 0 aliphatic carbocycles. The summed E-state index contributed by atoms with van der Waals surface area (Å²) in [7, 11) is 0. The number of rotatable bonds is 10. The molecular weight excluding hydrogens is 412 g/mol. The van der Waals surface area contributed by atoms with Crippen molar-refractivity contribution in [3.8, 4) is 23.0 Å². The number of halogens is 1. The first kappa shape index (κ1) is 23.5. The van der Waals surface area contributed by atoms with Crippen LogP contribution in [0.2, 0.25) is 5.02 Å². The van der Waals surface area contributed by atoms with E-state index in [-0.39, 0.29) is 35.3 Å². The second-order valence-electron chi connectivity index (χ2n) is 6.71. The van der Waals surface area contributed by atoms with Crippen LogP contribution in [0.1, 0.15) is 43.1 Å². The van der Waals surface area contributed by atoms with E-state index in [9.17, 15) is 19.8 Å². The Balaban J connectivity index is 1.98. The van der Waals surface area contributed by atoms with E-state index in [2.05, 4.69) is 0 Å². The maximum absolute atomic E-state index is 11.6. The summed E-state index contributed by atoms with van der Waals surface area (Å²) in [5.41, 5.74) is 0.768. The summed E-state index contributed by atoms with van der Waals surface area (Å²) < 4.78 is 16.1. The maximum Gasteiger partial charge on any atom is 0.308 e. The van der Waals surface area contributed by atoms with Gasteiger partial charge in [-0.25, -0.2) is 0 Å². The minimum Gasteiger partial charge on any atom is -0.507 e. The van der Waals surface area contributed by atoms with Crippen molar-refractivity contribution in [2.45, 2.75) is 39.7 Å². The van der Waals surface area contributed by atoms with Gasteiger partial charge >= 0.3 is 5.97 Å². The van der Waals surface area contributed by atoms with Gasteiger partial charge in [0.05, 0.1) is 10.6 Å². The van der Waals surface area contributed by atoms with Gasteiger partial charge in [0.1, 0.15) is 42.3 Å². The molecule has 0 heterocycles. The fraction of sp³-hybridized carbons (Fsp3) is 0.364. The molecule has 7 nitrogen and oxygen atoms in total. The summed E-state index contributed by atoms with van der Waals surface area (Å²) in [5.74, 6) is 0.232. The van der Waals surface area contributed by atoms with E-state index < -0.39 is 12.1 Å². The van der Waals surface area contributed by atoms with Gasteiger partial charge in [-0.2, -0.15) is 0 Å². The third kappa shape index (κ3) is 6.37. The molecule has 2 N–H and O–H groups in total. The topological polar surface area (TPSA) is 102 Å². The van der Waals surface area contributed by atoms with Gasteiger partial charge in [0.15, 0.2) is 5.78 Å². The first-order valence-electron chi connectivity index (χ1n) is 9.50. The van der Waals surface area contributed by atoms with Crippen LogP contribution in [-0.4, -0.2) is 41.3 Å². The molecular formula is C22H25ClO7. The molecule has 1 atom stereocenters. The molecule has 0 saturated heterocycles. The van der Waals surface area contributed by atoms with Crippen LogP contribution in [0, 0.1) is 0 Å². The fourth-order valence-electron chi connectivity index (χ4n) is 2.78. The van der Waals surface area contributed by atoms with Crippen LogP contribution in [0.3, 0.4) is 0 Å². The lowest BCUT2D eigenvalue weighted by Gasteiger charge is -2.17. The zero-order valence-electron chi connectivity index (χ0n) is 17.1. The smallest absolute Gasteiger partial charge is 0.308 e. The Morgan fingerprint density at radius 2 is 1.70 bits per heavy atom. The van der Waals surface area contributed by atoms with Crippen LogP contribution in [-0.2, 0) is 11.2 Å². The quantitative estimate of drug-likeness (QED) is 0.330. The van der Waals surface area contributed by atoms with Crippen LogP contribution in [0.15, 0.2) is 30.3 Å². The van der Waals surface area contributed by atoms with Crippen LogP contribution < -0.4 is 14.2 Å². The molecule has 0 aromatic heterocycles. The highest BCUT2D eigenvalue weighted by atomic mass is 35.5. The Bertz CT molecular complexity index is 911. The molecule has 0 aliphatic heterocycles. The van der Waals surface area contributed by atoms with Gasteiger partial charge in [0.25, 0.3) is 0 Å². The van der Waals surface area contributed by atoms with Gasteiger partial charge in [0, 0.05) is 18.6 Å². The average molecular weight is 437 g/mol. The first-order chi connectivity index (χ1) is 14.2. The predicted octanol–water partition coefficient (Wildman–Crippen LogP) is 3.94. The van der Waals surface area contributed by atoms with Gasteiger partial charge in [0.2, 0.25) is 0 Å². The van der Waals surface area contributed by atoms with Crippen molar-refractivity contribution < 1.29 is 34.0 Å². The van der Waals surface area contributed by atoms with E-state index in [1.165, 1.54) is 38.1 Å².